The van der Waals surface area contributed by atoms with Crippen molar-refractivity contribution in [3.05, 3.63) is 60.4 Å². The molecule has 6 rings (SSSR count). The number of benzene rings is 2. The molecule has 32 heavy (non-hydrogen) atoms. The Balaban J connectivity index is 1.25. The zero-order valence-corrected chi connectivity index (χ0v) is 18.5. The summed E-state index contributed by atoms with van der Waals surface area (Å²) in [5, 5.41) is 8.74. The van der Waals surface area contributed by atoms with Crippen molar-refractivity contribution < 1.29 is 0 Å². The molecule has 0 amide bonds. The second-order valence-electron chi connectivity index (χ2n) is 8.00. The predicted octanol–water partition coefficient (Wildman–Crippen LogP) is 3.92. The number of nitrogens with zero attached hydrogens (tertiary/aromatic N) is 7. The molecular formula is C23H22N8S. The molecule has 0 atom stereocenters. The lowest BCUT2D eigenvalue weighted by atomic mass is 10.2. The number of aromatic nitrogens is 5. The number of hydrogen-bond acceptors (Lipinski definition) is 8. The van der Waals surface area contributed by atoms with E-state index < -0.39 is 0 Å². The topological polar surface area (TPSA) is 75.0 Å². The van der Waals surface area contributed by atoms with Gasteiger partial charge < -0.3 is 15.1 Å². The molecule has 160 valence electrons. The van der Waals surface area contributed by atoms with Gasteiger partial charge in [0.05, 0.1) is 33.0 Å². The molecule has 0 unspecified atom stereocenters. The number of likely N-dealkylation sites (N-methyl/N-ethyl adjacent to an activating group) is 1. The van der Waals surface area contributed by atoms with E-state index in [0.717, 1.165) is 58.8 Å². The molecule has 0 radical (unpaired) electrons. The van der Waals surface area contributed by atoms with Gasteiger partial charge in [0.1, 0.15) is 0 Å². The Morgan fingerprint density at radius 3 is 2.56 bits per heavy atom. The largest absolute Gasteiger partial charge is 0.369 e. The number of rotatable bonds is 4. The van der Waals surface area contributed by atoms with Gasteiger partial charge in [-0.3, -0.25) is 0 Å². The zero-order valence-electron chi connectivity index (χ0n) is 17.6. The normalized spacial score (nSPS) is 15.0. The highest BCUT2D eigenvalue weighted by Gasteiger charge is 2.14. The highest BCUT2D eigenvalue weighted by molar-refractivity contribution is 7.16. The molecule has 8 nitrogen and oxygen atoms in total. The molecule has 1 aliphatic rings. The first-order valence-corrected chi connectivity index (χ1v) is 11.5. The average molecular weight is 443 g/mol. The van der Waals surface area contributed by atoms with Gasteiger partial charge in [-0.15, -0.1) is 11.3 Å². The summed E-state index contributed by atoms with van der Waals surface area (Å²) in [4.78, 5) is 18.4. The third kappa shape index (κ3) is 3.55. The van der Waals surface area contributed by atoms with Crippen LogP contribution in [0.2, 0.25) is 0 Å². The monoisotopic (exact) mass is 442 g/mol. The molecular weight excluding hydrogens is 420 g/mol. The number of anilines is 3. The highest BCUT2D eigenvalue weighted by Crippen LogP contribution is 2.25. The summed E-state index contributed by atoms with van der Waals surface area (Å²) in [6.45, 7) is 4.30. The van der Waals surface area contributed by atoms with Crippen molar-refractivity contribution in [1.29, 1.82) is 0 Å². The maximum absolute atomic E-state index is 4.74. The van der Waals surface area contributed by atoms with Crippen LogP contribution >= 0.6 is 11.3 Å². The molecule has 4 heterocycles. The smallest absolute Gasteiger partial charge is 0.229 e. The lowest BCUT2D eigenvalue weighted by Crippen LogP contribution is -2.44. The Bertz CT molecular complexity index is 1380. The van der Waals surface area contributed by atoms with Crippen LogP contribution in [0, 0.1) is 0 Å². The Morgan fingerprint density at radius 2 is 1.72 bits per heavy atom. The van der Waals surface area contributed by atoms with E-state index in [1.165, 1.54) is 5.69 Å². The molecule has 0 aliphatic carbocycles. The van der Waals surface area contributed by atoms with Crippen LogP contribution in [0.15, 0.2) is 60.4 Å². The van der Waals surface area contributed by atoms with E-state index in [4.69, 9.17) is 4.98 Å². The molecule has 1 aliphatic heterocycles. The van der Waals surface area contributed by atoms with E-state index in [1.54, 1.807) is 23.7 Å². The molecule has 3 aromatic heterocycles. The first kappa shape index (κ1) is 19.1. The zero-order chi connectivity index (χ0) is 21.5. The van der Waals surface area contributed by atoms with E-state index in [1.807, 2.05) is 22.3 Å². The second-order valence-corrected chi connectivity index (χ2v) is 8.88. The van der Waals surface area contributed by atoms with Crippen LogP contribution in [0.4, 0.5) is 17.3 Å². The van der Waals surface area contributed by atoms with Crippen molar-refractivity contribution in [3.63, 3.8) is 0 Å². The minimum Gasteiger partial charge on any atom is -0.369 e. The maximum Gasteiger partial charge on any atom is 0.229 e. The molecule has 0 bridgehead atoms. The van der Waals surface area contributed by atoms with E-state index in [-0.39, 0.29) is 0 Å². The van der Waals surface area contributed by atoms with Gasteiger partial charge in [0.15, 0.2) is 5.65 Å². The molecule has 1 saturated heterocycles. The van der Waals surface area contributed by atoms with Gasteiger partial charge in [0, 0.05) is 43.8 Å². The van der Waals surface area contributed by atoms with E-state index in [0.29, 0.717) is 5.95 Å². The lowest BCUT2D eigenvalue weighted by Gasteiger charge is -2.34. The van der Waals surface area contributed by atoms with Gasteiger partial charge in [-0.05, 0) is 49.5 Å². The molecule has 0 spiro atoms. The maximum atomic E-state index is 4.74. The molecule has 5 aromatic rings. The van der Waals surface area contributed by atoms with Crippen molar-refractivity contribution in [2.24, 2.45) is 0 Å². The van der Waals surface area contributed by atoms with Gasteiger partial charge in [-0.2, -0.15) is 10.1 Å². The van der Waals surface area contributed by atoms with Crippen molar-refractivity contribution in [2.45, 2.75) is 0 Å². The molecule has 0 saturated carbocycles. The van der Waals surface area contributed by atoms with Crippen molar-refractivity contribution >= 4 is 49.9 Å². The third-order valence-electron chi connectivity index (χ3n) is 5.86. The van der Waals surface area contributed by atoms with Gasteiger partial charge in [-0.25, -0.2) is 14.6 Å². The Labute approximate surface area is 189 Å². The minimum atomic E-state index is 0.543. The average Bonchev–Trinajstić information content (AvgIpc) is 3.46. The van der Waals surface area contributed by atoms with Crippen molar-refractivity contribution in [1.82, 2.24) is 29.6 Å². The van der Waals surface area contributed by atoms with Crippen LogP contribution in [0.25, 0.3) is 26.9 Å². The van der Waals surface area contributed by atoms with Gasteiger partial charge in [-0.1, -0.05) is 0 Å². The summed E-state index contributed by atoms with van der Waals surface area (Å²) < 4.78 is 2.99. The standard InChI is InChI=1S/C23H22N8S/c1-29-8-10-30(11-9-29)18-4-2-17(3-5-18)27-23-24-13-16-14-26-31(22(16)28-23)19-6-7-21-20(12-19)25-15-32-21/h2-7,12-15H,8-11H2,1H3,(H,24,27,28). The fraction of sp³-hybridized carbons (Fsp3) is 0.217. The van der Waals surface area contributed by atoms with E-state index in [9.17, 15) is 0 Å². The lowest BCUT2D eigenvalue weighted by molar-refractivity contribution is 0.313. The first-order valence-electron chi connectivity index (χ1n) is 10.6. The summed E-state index contributed by atoms with van der Waals surface area (Å²) >= 11 is 1.63. The quantitative estimate of drug-likeness (QED) is 0.452. The van der Waals surface area contributed by atoms with Gasteiger partial charge in [0.2, 0.25) is 5.95 Å². The van der Waals surface area contributed by atoms with Crippen LogP contribution in [0.3, 0.4) is 0 Å². The Kier molecular flexibility index (Phi) is 4.70. The first-order chi connectivity index (χ1) is 15.7. The summed E-state index contributed by atoms with van der Waals surface area (Å²) in [6, 6.07) is 14.6. The molecule has 9 heteroatoms. The fourth-order valence-electron chi connectivity index (χ4n) is 3.99. The van der Waals surface area contributed by atoms with E-state index in [2.05, 4.69) is 67.6 Å². The van der Waals surface area contributed by atoms with Crippen LogP contribution in [0.1, 0.15) is 0 Å². The van der Waals surface area contributed by atoms with Gasteiger partial charge in [0.25, 0.3) is 0 Å². The minimum absolute atomic E-state index is 0.543. The predicted molar refractivity (Wildman–Crippen MR) is 129 cm³/mol. The molecule has 2 aromatic carbocycles. The third-order valence-corrected chi connectivity index (χ3v) is 6.67. The number of hydrogen-bond donors (Lipinski definition) is 1. The SMILES string of the molecule is CN1CCN(c2ccc(Nc3ncc4cnn(-c5ccc6scnc6c5)c4n3)cc2)CC1. The second kappa shape index (κ2) is 7.85. The highest BCUT2D eigenvalue weighted by atomic mass is 32.1. The van der Waals surface area contributed by atoms with Crippen LogP contribution in [-0.4, -0.2) is 62.9 Å². The number of fused-ring (bicyclic) bond motifs is 2. The summed E-state index contributed by atoms with van der Waals surface area (Å²) in [5.41, 5.74) is 6.71. The van der Waals surface area contributed by atoms with E-state index >= 15 is 0 Å². The Morgan fingerprint density at radius 1 is 0.906 bits per heavy atom. The summed E-state index contributed by atoms with van der Waals surface area (Å²) in [7, 11) is 2.17. The Hall–Kier alpha value is -3.56. The van der Waals surface area contributed by atoms with Gasteiger partial charge >= 0.3 is 0 Å². The number of piperazine rings is 1. The molecule has 1 N–H and O–H groups in total. The van der Waals surface area contributed by atoms with Crippen molar-refractivity contribution in [2.75, 3.05) is 43.4 Å². The van der Waals surface area contributed by atoms with Crippen LogP contribution < -0.4 is 10.2 Å². The van der Waals surface area contributed by atoms with Crippen LogP contribution in [0.5, 0.6) is 0 Å². The fourth-order valence-corrected chi connectivity index (χ4v) is 4.65. The van der Waals surface area contributed by atoms with Crippen molar-refractivity contribution in [3.8, 4) is 5.69 Å². The summed E-state index contributed by atoms with van der Waals surface area (Å²) in [6.07, 6.45) is 3.59. The molecule has 1 fully saturated rings. The van der Waals surface area contributed by atoms with Crippen LogP contribution in [-0.2, 0) is 0 Å². The number of thiazole rings is 1. The number of nitrogens with one attached hydrogen (secondary N) is 1. The summed E-state index contributed by atoms with van der Waals surface area (Å²) in [5.74, 6) is 0.543.